The predicted molar refractivity (Wildman–Crippen MR) is 163 cm³/mol. The van der Waals surface area contributed by atoms with E-state index in [0.717, 1.165) is 0 Å². The van der Waals surface area contributed by atoms with Gasteiger partial charge in [0, 0.05) is 48.7 Å². The van der Waals surface area contributed by atoms with Gasteiger partial charge in [-0.25, -0.2) is 4.79 Å². The highest BCUT2D eigenvalue weighted by Crippen LogP contribution is 2.39. The van der Waals surface area contributed by atoms with Crippen molar-refractivity contribution < 1.29 is 27.9 Å². The molecule has 10 nitrogen and oxygen atoms in total. The number of halogens is 1. The minimum Gasteiger partial charge on any atom is -0.505 e. The first-order valence-corrected chi connectivity index (χ1v) is 16.6. The van der Waals surface area contributed by atoms with Crippen molar-refractivity contribution in [3.05, 3.63) is 40.9 Å². The molecule has 1 amide bonds. The molecule has 0 spiro atoms. The summed E-state index contributed by atoms with van der Waals surface area (Å²) in [6.07, 6.45) is 0.761. The number of ether oxygens (including phenoxy) is 1. The van der Waals surface area contributed by atoms with E-state index in [2.05, 4.69) is 10.2 Å². The minimum atomic E-state index is -2.91. The number of fused-ring (bicyclic) bond motifs is 1. The second kappa shape index (κ2) is 14.5. The number of phenolic OH excluding ortho intramolecular Hbond substituents is 1. The maximum absolute atomic E-state index is 13.4. The Morgan fingerprint density at radius 2 is 1.63 bits per heavy atom. The molecule has 41 heavy (non-hydrogen) atoms. The van der Waals surface area contributed by atoms with Crippen LogP contribution in [0.2, 0.25) is 11.1 Å². The first kappa shape index (κ1) is 32.8. The van der Waals surface area contributed by atoms with Crippen molar-refractivity contribution in [2.75, 3.05) is 37.9 Å². The zero-order valence-corrected chi connectivity index (χ0v) is 27.0. The Balaban J connectivity index is 2.07. The van der Waals surface area contributed by atoms with Gasteiger partial charge in [0.05, 0.1) is 6.61 Å². The van der Waals surface area contributed by atoms with Crippen LogP contribution in [-0.4, -0.2) is 68.0 Å². The van der Waals surface area contributed by atoms with Gasteiger partial charge in [0.25, 0.3) is 0 Å². The van der Waals surface area contributed by atoms with E-state index >= 15 is 0 Å². The van der Waals surface area contributed by atoms with E-state index in [0.29, 0.717) is 78.2 Å². The third kappa shape index (κ3) is 8.20. The van der Waals surface area contributed by atoms with Crippen LogP contribution in [0.3, 0.4) is 0 Å². The fraction of sp³-hybridized carbons (Fsp3) is 0.552. The summed E-state index contributed by atoms with van der Waals surface area (Å²) in [4.78, 5) is 16.4. The second-order valence-electron chi connectivity index (χ2n) is 10.6. The minimum absolute atomic E-state index is 0.0324. The lowest BCUT2D eigenvalue weighted by molar-refractivity contribution is 0.0708. The predicted octanol–water partition coefficient (Wildman–Crippen LogP) is 6.87. The van der Waals surface area contributed by atoms with Crippen molar-refractivity contribution >= 4 is 43.2 Å². The number of aromatic hydroxyl groups is 1. The topological polar surface area (TPSA) is 108 Å². The molecule has 0 unspecified atom stereocenters. The standard InChI is InChI=1S/C29H43ClN4O6Si/c1-8-16-37-28(36)33(15-12-17-41(38-9-2,39-10-3)40-11-4)22-19-23(29(5,6)7)27(35)26(20-22)34-31-24-14-13-21(30)18-25(24)32-34/h13-14,18-20,35H,8-12,15-17H2,1-7H3. The molecule has 0 saturated heterocycles. The highest BCUT2D eigenvalue weighted by Gasteiger charge is 2.40. The Labute approximate surface area is 248 Å². The maximum atomic E-state index is 13.4. The highest BCUT2D eigenvalue weighted by atomic mass is 35.5. The molecule has 3 rings (SSSR count). The van der Waals surface area contributed by atoms with Crippen LogP contribution >= 0.6 is 11.6 Å². The smallest absolute Gasteiger partial charge is 0.500 e. The maximum Gasteiger partial charge on any atom is 0.500 e. The fourth-order valence-corrected chi connectivity index (χ4v) is 7.29. The quantitative estimate of drug-likeness (QED) is 0.198. The van der Waals surface area contributed by atoms with Gasteiger partial charge in [0.2, 0.25) is 0 Å². The summed E-state index contributed by atoms with van der Waals surface area (Å²) < 4.78 is 23.6. The van der Waals surface area contributed by atoms with Crippen LogP contribution in [0, 0.1) is 0 Å². The van der Waals surface area contributed by atoms with Gasteiger partial charge in [-0.2, -0.15) is 0 Å². The van der Waals surface area contributed by atoms with Gasteiger partial charge in [-0.1, -0.05) is 39.3 Å². The third-order valence-electron chi connectivity index (χ3n) is 6.36. The summed E-state index contributed by atoms with van der Waals surface area (Å²) in [5, 5.41) is 21.1. The van der Waals surface area contributed by atoms with Gasteiger partial charge < -0.3 is 23.1 Å². The number of amides is 1. The summed E-state index contributed by atoms with van der Waals surface area (Å²) in [7, 11) is -2.91. The van der Waals surface area contributed by atoms with Gasteiger partial charge in [-0.3, -0.25) is 4.90 Å². The number of nitrogens with zero attached hydrogens (tertiary/aromatic N) is 4. The molecule has 0 bridgehead atoms. The molecular weight excluding hydrogens is 564 g/mol. The van der Waals surface area contributed by atoms with E-state index in [1.165, 1.54) is 4.80 Å². The van der Waals surface area contributed by atoms with E-state index in [4.69, 9.17) is 29.6 Å². The van der Waals surface area contributed by atoms with Crippen LogP contribution in [0.1, 0.15) is 66.9 Å². The van der Waals surface area contributed by atoms with Crippen molar-refractivity contribution in [2.24, 2.45) is 0 Å². The number of hydrogen-bond donors (Lipinski definition) is 1. The number of carbonyl (C=O) groups is 1. The number of benzene rings is 2. The zero-order chi connectivity index (χ0) is 30.2. The lowest BCUT2D eigenvalue weighted by Crippen LogP contribution is -2.46. The lowest BCUT2D eigenvalue weighted by atomic mass is 9.85. The van der Waals surface area contributed by atoms with Crippen molar-refractivity contribution in [3.8, 4) is 11.4 Å². The number of rotatable bonds is 14. The summed E-state index contributed by atoms with van der Waals surface area (Å²) in [5.74, 6) is 0.0324. The van der Waals surface area contributed by atoms with Gasteiger partial charge >= 0.3 is 14.9 Å². The molecule has 0 fully saturated rings. The fourth-order valence-electron chi connectivity index (χ4n) is 4.53. The molecule has 0 aliphatic heterocycles. The van der Waals surface area contributed by atoms with E-state index in [9.17, 15) is 9.90 Å². The largest absolute Gasteiger partial charge is 0.505 e. The number of hydrogen-bond acceptors (Lipinski definition) is 8. The van der Waals surface area contributed by atoms with Crippen LogP contribution in [0.5, 0.6) is 5.75 Å². The molecule has 0 aliphatic rings. The molecule has 226 valence electrons. The Kier molecular flexibility index (Phi) is 11.6. The van der Waals surface area contributed by atoms with E-state index in [1.54, 1.807) is 29.2 Å². The van der Waals surface area contributed by atoms with Crippen LogP contribution in [0.15, 0.2) is 30.3 Å². The first-order valence-electron chi connectivity index (χ1n) is 14.2. The van der Waals surface area contributed by atoms with Crippen molar-refractivity contribution in [2.45, 2.75) is 72.8 Å². The summed E-state index contributed by atoms with van der Waals surface area (Å²) >= 11 is 6.16. The molecule has 3 aromatic rings. The molecule has 0 saturated carbocycles. The lowest BCUT2D eigenvalue weighted by Gasteiger charge is -2.30. The molecule has 0 radical (unpaired) electrons. The molecule has 2 aromatic carbocycles. The highest BCUT2D eigenvalue weighted by molar-refractivity contribution is 6.60. The molecule has 1 aromatic heterocycles. The van der Waals surface area contributed by atoms with Crippen LogP contribution in [0.25, 0.3) is 16.7 Å². The average molecular weight is 607 g/mol. The van der Waals surface area contributed by atoms with Crippen LogP contribution < -0.4 is 4.90 Å². The number of phenols is 1. The molecule has 0 aliphatic carbocycles. The van der Waals surface area contributed by atoms with E-state index < -0.39 is 20.3 Å². The molecule has 12 heteroatoms. The molecule has 1 N–H and O–H groups in total. The SMILES string of the molecule is CCCOC(=O)N(CCC[Si](OCC)(OCC)OCC)c1cc(-n2nc3ccc(Cl)cc3n2)c(O)c(C(C)(C)C)c1. The Morgan fingerprint density at radius 3 is 2.22 bits per heavy atom. The van der Waals surface area contributed by atoms with Crippen molar-refractivity contribution in [3.63, 3.8) is 0 Å². The molecule has 1 heterocycles. The monoisotopic (exact) mass is 606 g/mol. The van der Waals surface area contributed by atoms with Crippen molar-refractivity contribution in [1.29, 1.82) is 0 Å². The Hall–Kier alpha value is -2.70. The number of anilines is 1. The van der Waals surface area contributed by atoms with Crippen LogP contribution in [-0.2, 0) is 23.4 Å². The van der Waals surface area contributed by atoms with Gasteiger partial charge in [-0.15, -0.1) is 15.0 Å². The normalized spacial score (nSPS) is 12.2. The van der Waals surface area contributed by atoms with Crippen LogP contribution in [0.4, 0.5) is 10.5 Å². The Morgan fingerprint density at radius 1 is 1.00 bits per heavy atom. The van der Waals surface area contributed by atoms with E-state index in [-0.39, 0.29) is 12.4 Å². The summed E-state index contributed by atoms with van der Waals surface area (Å²) in [5.41, 5.74) is 2.29. The summed E-state index contributed by atoms with van der Waals surface area (Å²) in [6, 6.07) is 9.28. The van der Waals surface area contributed by atoms with Gasteiger partial charge in [-0.05, 0) is 69.4 Å². The summed E-state index contributed by atoms with van der Waals surface area (Å²) in [6.45, 7) is 15.7. The third-order valence-corrected chi connectivity index (χ3v) is 9.75. The second-order valence-corrected chi connectivity index (χ2v) is 13.8. The van der Waals surface area contributed by atoms with Gasteiger partial charge in [0.1, 0.15) is 22.5 Å². The number of carbonyl (C=O) groups excluding carboxylic acids is 1. The molecular formula is C29H43ClN4O6Si. The van der Waals surface area contributed by atoms with Gasteiger partial charge in [0.15, 0.2) is 0 Å². The average Bonchev–Trinajstić information content (AvgIpc) is 3.33. The number of aromatic nitrogens is 3. The molecule has 0 atom stereocenters. The zero-order valence-electron chi connectivity index (χ0n) is 25.2. The Bertz CT molecular complexity index is 1300. The van der Waals surface area contributed by atoms with E-state index in [1.807, 2.05) is 54.5 Å². The van der Waals surface area contributed by atoms with Crippen molar-refractivity contribution in [1.82, 2.24) is 15.0 Å². The first-order chi connectivity index (χ1) is 19.5.